The molecule has 2 aliphatic rings. The molecule has 3 aromatic rings. The van der Waals surface area contributed by atoms with Crippen LogP contribution in [0.2, 0.25) is 0 Å². The van der Waals surface area contributed by atoms with E-state index in [9.17, 15) is 4.79 Å². The third kappa shape index (κ3) is 4.69. The molecule has 1 heterocycles. The Morgan fingerprint density at radius 1 is 0.939 bits per heavy atom. The number of ketones is 1. The summed E-state index contributed by atoms with van der Waals surface area (Å²) >= 11 is 3.46. The Bertz CT molecular complexity index is 1210. The highest BCUT2D eigenvalue weighted by atomic mass is 79.9. The summed E-state index contributed by atoms with van der Waals surface area (Å²) in [5.41, 5.74) is 5.97. The molecule has 5 heteroatoms. The highest BCUT2D eigenvalue weighted by Gasteiger charge is 2.38. The van der Waals surface area contributed by atoms with Gasteiger partial charge in [-0.2, -0.15) is 0 Å². The van der Waals surface area contributed by atoms with Crippen molar-refractivity contribution < 1.29 is 9.53 Å². The minimum absolute atomic E-state index is 0.0581. The molecule has 0 unspecified atom stereocenters. The molecule has 0 radical (unpaired) electrons. The summed E-state index contributed by atoms with van der Waals surface area (Å²) < 4.78 is 7.04. The van der Waals surface area contributed by atoms with Crippen LogP contribution in [0.25, 0.3) is 0 Å². The van der Waals surface area contributed by atoms with Crippen molar-refractivity contribution in [2.45, 2.75) is 39.3 Å². The van der Waals surface area contributed by atoms with Crippen LogP contribution in [0.15, 0.2) is 88.5 Å². The van der Waals surface area contributed by atoms with Gasteiger partial charge in [0.2, 0.25) is 0 Å². The van der Waals surface area contributed by atoms with Crippen molar-refractivity contribution in [3.63, 3.8) is 0 Å². The molecule has 3 aromatic carbocycles. The lowest BCUT2D eigenvalue weighted by molar-refractivity contribution is -0.118. The standard InChI is InChI=1S/C28H27BrN2O2/c1-28(2)15-24-26(25(32)16-28)27(31-23-6-4-3-5-22(23)30-24)19-9-13-21(14-10-19)33-17-18-7-11-20(29)12-8-18/h3-14,27,30-31H,15-17H2,1-2H3/t27-/m0/s1. The zero-order valence-electron chi connectivity index (χ0n) is 18.8. The number of fused-ring (bicyclic) bond motifs is 1. The van der Waals surface area contributed by atoms with Gasteiger partial charge in [0.25, 0.3) is 0 Å². The van der Waals surface area contributed by atoms with E-state index < -0.39 is 0 Å². The fourth-order valence-corrected chi connectivity index (χ4v) is 4.91. The Kier molecular flexibility index (Phi) is 5.75. The Morgan fingerprint density at radius 3 is 2.36 bits per heavy atom. The Balaban J connectivity index is 1.43. The second-order valence-corrected chi connectivity index (χ2v) is 10.5. The molecule has 0 saturated carbocycles. The molecule has 1 atom stereocenters. The molecule has 0 saturated heterocycles. The van der Waals surface area contributed by atoms with Gasteiger partial charge in [-0.1, -0.05) is 66.2 Å². The van der Waals surface area contributed by atoms with E-state index in [-0.39, 0.29) is 17.2 Å². The van der Waals surface area contributed by atoms with Crippen LogP contribution in [-0.2, 0) is 11.4 Å². The SMILES string of the molecule is CC1(C)CC(=O)C2=C(C1)Nc1ccccc1N[C@H]2c1ccc(OCc2ccc(Br)cc2)cc1. The van der Waals surface area contributed by atoms with E-state index in [1.165, 1.54) is 0 Å². The minimum Gasteiger partial charge on any atom is -0.489 e. The van der Waals surface area contributed by atoms with Gasteiger partial charge in [0, 0.05) is 22.2 Å². The number of anilines is 2. The summed E-state index contributed by atoms with van der Waals surface area (Å²) in [6, 6.07) is 24.1. The first kappa shape index (κ1) is 21.8. The van der Waals surface area contributed by atoms with Gasteiger partial charge in [-0.25, -0.2) is 0 Å². The number of halogens is 1. The minimum atomic E-state index is -0.208. The number of hydrogen-bond donors (Lipinski definition) is 2. The van der Waals surface area contributed by atoms with Crippen molar-refractivity contribution in [1.82, 2.24) is 0 Å². The molecule has 0 fully saturated rings. The first-order valence-electron chi connectivity index (χ1n) is 11.2. The fraction of sp³-hybridized carbons (Fsp3) is 0.250. The van der Waals surface area contributed by atoms with Crippen LogP contribution in [0.5, 0.6) is 5.75 Å². The average molecular weight is 503 g/mol. The van der Waals surface area contributed by atoms with Crippen LogP contribution in [0, 0.1) is 5.41 Å². The van der Waals surface area contributed by atoms with Crippen molar-refractivity contribution in [3.8, 4) is 5.75 Å². The van der Waals surface area contributed by atoms with E-state index in [1.807, 2.05) is 48.5 Å². The number of hydrogen-bond acceptors (Lipinski definition) is 4. The van der Waals surface area contributed by atoms with Gasteiger partial charge in [-0.15, -0.1) is 0 Å². The van der Waals surface area contributed by atoms with E-state index in [1.54, 1.807) is 0 Å². The van der Waals surface area contributed by atoms with Gasteiger partial charge < -0.3 is 15.4 Å². The zero-order valence-corrected chi connectivity index (χ0v) is 20.4. The van der Waals surface area contributed by atoms with Crippen molar-refractivity contribution >= 4 is 33.1 Å². The predicted molar refractivity (Wildman–Crippen MR) is 136 cm³/mol. The molecule has 33 heavy (non-hydrogen) atoms. The lowest BCUT2D eigenvalue weighted by Crippen LogP contribution is -2.31. The van der Waals surface area contributed by atoms with Crippen molar-refractivity contribution in [3.05, 3.63) is 99.7 Å². The lowest BCUT2D eigenvalue weighted by atomic mass is 9.73. The lowest BCUT2D eigenvalue weighted by Gasteiger charge is -2.34. The smallest absolute Gasteiger partial charge is 0.163 e. The summed E-state index contributed by atoms with van der Waals surface area (Å²) in [6.07, 6.45) is 1.39. The summed E-state index contributed by atoms with van der Waals surface area (Å²) in [5, 5.41) is 7.20. The van der Waals surface area contributed by atoms with Crippen LogP contribution in [-0.4, -0.2) is 5.78 Å². The first-order chi connectivity index (χ1) is 15.9. The maximum atomic E-state index is 13.3. The second-order valence-electron chi connectivity index (χ2n) is 9.57. The number of rotatable bonds is 4. The molecule has 0 aromatic heterocycles. The van der Waals surface area contributed by atoms with E-state index in [4.69, 9.17) is 4.74 Å². The number of carbonyl (C=O) groups excluding carboxylic acids is 1. The summed E-state index contributed by atoms with van der Waals surface area (Å²) in [6.45, 7) is 4.83. The third-order valence-electron chi connectivity index (χ3n) is 6.25. The maximum Gasteiger partial charge on any atom is 0.163 e. The van der Waals surface area contributed by atoms with Gasteiger partial charge in [0.1, 0.15) is 12.4 Å². The number of Topliss-reactive ketones (excluding diaryl/α,β-unsaturated/α-hetero) is 1. The maximum absolute atomic E-state index is 13.3. The molecule has 0 bridgehead atoms. The van der Waals surface area contributed by atoms with E-state index in [0.717, 1.165) is 50.4 Å². The van der Waals surface area contributed by atoms with Crippen molar-refractivity contribution in [1.29, 1.82) is 0 Å². The number of allylic oxidation sites excluding steroid dienone is 1. The molecule has 168 valence electrons. The molecule has 1 aliphatic carbocycles. The van der Waals surface area contributed by atoms with Gasteiger partial charge in [0.05, 0.1) is 17.4 Å². The highest BCUT2D eigenvalue weighted by molar-refractivity contribution is 9.10. The van der Waals surface area contributed by atoms with Crippen LogP contribution < -0.4 is 15.4 Å². The monoisotopic (exact) mass is 502 g/mol. The molecule has 1 aliphatic heterocycles. The van der Waals surface area contributed by atoms with Crippen LogP contribution in [0.1, 0.15) is 43.9 Å². The number of para-hydroxylation sites is 2. The van der Waals surface area contributed by atoms with Crippen LogP contribution in [0.4, 0.5) is 11.4 Å². The van der Waals surface area contributed by atoms with Gasteiger partial charge >= 0.3 is 0 Å². The zero-order chi connectivity index (χ0) is 23.0. The number of ether oxygens (including phenoxy) is 1. The Morgan fingerprint density at radius 2 is 1.64 bits per heavy atom. The number of carbonyl (C=O) groups is 1. The number of nitrogens with one attached hydrogen (secondary N) is 2. The molecule has 0 spiro atoms. The third-order valence-corrected chi connectivity index (χ3v) is 6.78. The largest absolute Gasteiger partial charge is 0.489 e. The van der Waals surface area contributed by atoms with E-state index in [2.05, 4.69) is 64.7 Å². The quantitative estimate of drug-likeness (QED) is 0.394. The van der Waals surface area contributed by atoms with Gasteiger partial charge in [-0.05, 0) is 59.4 Å². The van der Waals surface area contributed by atoms with Crippen LogP contribution in [0.3, 0.4) is 0 Å². The molecule has 4 nitrogen and oxygen atoms in total. The van der Waals surface area contributed by atoms with Gasteiger partial charge in [-0.3, -0.25) is 4.79 Å². The predicted octanol–water partition coefficient (Wildman–Crippen LogP) is 7.25. The highest BCUT2D eigenvalue weighted by Crippen LogP contribution is 2.45. The molecule has 5 rings (SSSR count). The fourth-order valence-electron chi connectivity index (χ4n) is 4.64. The molecular formula is C28H27BrN2O2. The first-order valence-corrected chi connectivity index (χ1v) is 12.0. The van der Waals surface area contributed by atoms with Crippen LogP contribution >= 0.6 is 15.9 Å². The Hall–Kier alpha value is -3.05. The number of benzene rings is 3. The molecular weight excluding hydrogens is 476 g/mol. The van der Waals surface area contributed by atoms with Gasteiger partial charge in [0.15, 0.2) is 5.78 Å². The molecule has 0 amide bonds. The summed E-state index contributed by atoms with van der Waals surface area (Å²) in [5.74, 6) is 1.01. The summed E-state index contributed by atoms with van der Waals surface area (Å²) in [4.78, 5) is 13.3. The second kappa shape index (κ2) is 8.71. The van der Waals surface area contributed by atoms with Crippen molar-refractivity contribution in [2.24, 2.45) is 5.41 Å². The van der Waals surface area contributed by atoms with E-state index in [0.29, 0.717) is 13.0 Å². The van der Waals surface area contributed by atoms with Crippen molar-refractivity contribution in [2.75, 3.05) is 10.6 Å². The Labute approximate surface area is 203 Å². The normalized spacial score (nSPS) is 19.0. The summed E-state index contributed by atoms with van der Waals surface area (Å²) in [7, 11) is 0. The van der Waals surface area contributed by atoms with E-state index >= 15 is 0 Å². The average Bonchev–Trinajstić information content (AvgIpc) is 2.95. The topological polar surface area (TPSA) is 50.4 Å². The molecule has 2 N–H and O–H groups in total.